The first-order valence-electron chi connectivity index (χ1n) is 6.26. The molecule has 0 N–H and O–H groups in total. The van der Waals surface area contributed by atoms with E-state index in [1.165, 1.54) is 23.1 Å². The monoisotopic (exact) mass is 258 g/mol. The van der Waals surface area contributed by atoms with Crippen molar-refractivity contribution in [3.8, 4) is 0 Å². The summed E-state index contributed by atoms with van der Waals surface area (Å²) in [6.45, 7) is 6.93. The molecule has 1 aromatic carbocycles. The third kappa shape index (κ3) is 2.46. The highest BCUT2D eigenvalue weighted by Crippen LogP contribution is 2.36. The lowest BCUT2D eigenvalue weighted by Crippen LogP contribution is -2.21. The van der Waals surface area contributed by atoms with E-state index in [4.69, 9.17) is 0 Å². The minimum Gasteiger partial charge on any atom is -0.411 e. The molecule has 0 amide bonds. The normalized spacial score (nSPS) is 16.1. The Hall–Kier alpha value is -0.653. The summed E-state index contributed by atoms with van der Waals surface area (Å²) >= 11 is 0. The quantitative estimate of drug-likeness (QED) is 0.443. The Morgan fingerprint density at radius 2 is 2.00 bits per heavy atom. The summed E-state index contributed by atoms with van der Waals surface area (Å²) in [5, 5.41) is 3.15. The van der Waals surface area contributed by atoms with Crippen LogP contribution < -0.4 is 5.30 Å². The molecule has 0 bridgehead atoms. The van der Waals surface area contributed by atoms with Gasteiger partial charge in [0.2, 0.25) is 0 Å². The molecule has 2 rings (SSSR count). The zero-order chi connectivity index (χ0) is 12.3. The van der Waals surface area contributed by atoms with Gasteiger partial charge in [0.1, 0.15) is 5.56 Å². The maximum atomic E-state index is 2.35. The molecule has 1 aromatic rings. The van der Waals surface area contributed by atoms with E-state index in [1.807, 2.05) is 0 Å². The van der Waals surface area contributed by atoms with Crippen LogP contribution in [0.15, 0.2) is 30.4 Å². The smallest absolute Gasteiger partial charge is 0.101 e. The molecule has 17 heavy (non-hydrogen) atoms. The van der Waals surface area contributed by atoms with Gasteiger partial charge in [0.25, 0.3) is 0 Å². The first kappa shape index (κ1) is 12.8. The highest BCUT2D eigenvalue weighted by molar-refractivity contribution is 7.65. The van der Waals surface area contributed by atoms with Crippen molar-refractivity contribution in [2.75, 3.05) is 12.3 Å². The lowest BCUT2D eigenvalue weighted by atomic mass is 9.97. The molecule has 0 saturated heterocycles. The Kier molecular flexibility index (Phi) is 4.36. The summed E-state index contributed by atoms with van der Waals surface area (Å²) in [6, 6.07) is 6.83. The average Bonchev–Trinajstić information content (AvgIpc) is 2.39. The van der Waals surface area contributed by atoms with Gasteiger partial charge in [-0.05, 0) is 30.5 Å². The molecule has 0 heterocycles. The topological polar surface area (TPSA) is 0 Å². The fraction of sp³-hybridized carbons (Fsp3) is 0.333. The molecule has 0 unspecified atom stereocenters. The molecule has 1 aliphatic carbocycles. The lowest BCUT2D eigenvalue weighted by Gasteiger charge is -2.22. The molecule has 0 aliphatic heterocycles. The van der Waals surface area contributed by atoms with Crippen LogP contribution in [0.25, 0.3) is 0 Å². The third-order valence-corrected chi connectivity index (χ3v) is 6.79. The SMILES string of the molecule is CCP(CC)c1cccc2c1C(=[Si-]C)C=C[CH+]2. The maximum absolute atomic E-state index is 2.35. The number of hydrogen-bond acceptors (Lipinski definition) is 0. The molecule has 0 atom stereocenters. The predicted molar refractivity (Wildman–Crippen MR) is 82.3 cm³/mol. The molecular weight excluding hydrogens is 239 g/mol. The minimum atomic E-state index is 0.0314. The van der Waals surface area contributed by atoms with Gasteiger partial charge in [0.05, 0.1) is 0 Å². The summed E-state index contributed by atoms with van der Waals surface area (Å²) in [6.07, 6.45) is 9.33. The van der Waals surface area contributed by atoms with Crippen LogP contribution in [-0.4, -0.2) is 26.6 Å². The van der Waals surface area contributed by atoms with Crippen LogP contribution in [0.1, 0.15) is 25.0 Å². The van der Waals surface area contributed by atoms with Crippen LogP contribution in [0.2, 0.25) is 6.55 Å². The maximum Gasteiger partial charge on any atom is 0.101 e. The molecule has 1 aliphatic rings. The van der Waals surface area contributed by atoms with Crippen LogP contribution in [-0.2, 0) is 0 Å². The van der Waals surface area contributed by atoms with E-state index in [-0.39, 0.29) is 7.92 Å². The van der Waals surface area contributed by atoms with E-state index in [0.29, 0.717) is 0 Å². The molecule has 0 nitrogen and oxygen atoms in total. The third-order valence-electron chi connectivity index (χ3n) is 3.26. The Morgan fingerprint density at radius 3 is 2.65 bits per heavy atom. The van der Waals surface area contributed by atoms with Gasteiger partial charge in [-0.25, -0.2) is 6.55 Å². The van der Waals surface area contributed by atoms with Gasteiger partial charge in [-0.1, -0.05) is 21.8 Å². The van der Waals surface area contributed by atoms with Crippen molar-refractivity contribution in [2.24, 2.45) is 0 Å². The van der Waals surface area contributed by atoms with Gasteiger partial charge in [-0.15, -0.1) is 5.17 Å². The zero-order valence-electron chi connectivity index (χ0n) is 10.8. The van der Waals surface area contributed by atoms with Crippen molar-refractivity contribution in [3.05, 3.63) is 47.9 Å². The number of allylic oxidation sites excluding steroid dienone is 2. The average molecular weight is 258 g/mol. The van der Waals surface area contributed by atoms with E-state index in [2.05, 4.69) is 57.2 Å². The molecule has 0 fully saturated rings. The summed E-state index contributed by atoms with van der Waals surface area (Å²) in [5.74, 6) is 0. The van der Waals surface area contributed by atoms with Gasteiger partial charge in [-0.2, -0.15) is 0 Å². The standard InChI is InChI=1S/C15H19PSi/c1-4-16(5-2)13-10-6-8-12-9-7-11-14(17-3)15(12)13/h6-11H,4-5H2,1-3H3. The van der Waals surface area contributed by atoms with Crippen molar-refractivity contribution in [1.29, 1.82) is 0 Å². The van der Waals surface area contributed by atoms with Crippen LogP contribution in [0.3, 0.4) is 0 Å². The van der Waals surface area contributed by atoms with E-state index < -0.39 is 0 Å². The van der Waals surface area contributed by atoms with Gasteiger partial charge in [-0.3, -0.25) is 0 Å². The second kappa shape index (κ2) is 5.80. The molecule has 88 valence electrons. The van der Waals surface area contributed by atoms with Gasteiger partial charge >= 0.3 is 0 Å². The van der Waals surface area contributed by atoms with Crippen molar-refractivity contribution < 1.29 is 0 Å². The van der Waals surface area contributed by atoms with Gasteiger partial charge < -0.3 is 9.13 Å². The minimum absolute atomic E-state index is 0.0314. The van der Waals surface area contributed by atoms with Crippen molar-refractivity contribution in [3.63, 3.8) is 0 Å². The molecule has 0 saturated carbocycles. The van der Waals surface area contributed by atoms with E-state index in [9.17, 15) is 0 Å². The summed E-state index contributed by atoms with van der Waals surface area (Å²) in [7, 11) is 0.918. The van der Waals surface area contributed by atoms with Crippen LogP contribution >= 0.6 is 7.92 Å². The first-order chi connectivity index (χ1) is 8.31. The summed E-state index contributed by atoms with van der Waals surface area (Å²) < 4.78 is 0. The molecular formula is C15H19PSi. The Bertz CT molecular complexity index is 456. The highest BCUT2D eigenvalue weighted by Gasteiger charge is 2.20. The fourth-order valence-corrected chi connectivity index (χ4v) is 5.25. The highest BCUT2D eigenvalue weighted by atomic mass is 31.1. The largest absolute Gasteiger partial charge is 0.411 e. The van der Waals surface area contributed by atoms with E-state index >= 15 is 0 Å². The summed E-state index contributed by atoms with van der Waals surface area (Å²) in [4.78, 5) is 0. The Balaban J connectivity index is 2.56. The second-order valence-electron chi connectivity index (χ2n) is 4.10. The Labute approximate surface area is 108 Å². The first-order valence-corrected chi connectivity index (χ1v) is 9.47. The predicted octanol–water partition coefficient (Wildman–Crippen LogP) is 3.23. The molecule has 2 heteroatoms. The van der Waals surface area contributed by atoms with Crippen molar-refractivity contribution in [1.82, 2.24) is 0 Å². The fourth-order valence-electron chi connectivity index (χ4n) is 2.36. The number of fused-ring (bicyclic) bond motifs is 1. The Morgan fingerprint density at radius 1 is 1.24 bits per heavy atom. The number of rotatable bonds is 3. The lowest BCUT2D eigenvalue weighted by molar-refractivity contribution is 1.41. The number of benzene rings is 1. The zero-order valence-corrected chi connectivity index (χ0v) is 12.7. The van der Waals surface area contributed by atoms with Gasteiger partial charge in [0, 0.05) is 29.4 Å². The second-order valence-corrected chi connectivity index (χ2v) is 7.97. The van der Waals surface area contributed by atoms with E-state index in [0.717, 1.165) is 9.13 Å². The number of hydrogen-bond donors (Lipinski definition) is 0. The van der Waals surface area contributed by atoms with Crippen LogP contribution in [0.5, 0.6) is 0 Å². The van der Waals surface area contributed by atoms with Crippen LogP contribution in [0, 0.1) is 6.42 Å². The molecule has 0 radical (unpaired) electrons. The van der Waals surface area contributed by atoms with Crippen molar-refractivity contribution >= 4 is 27.5 Å². The molecule has 0 aromatic heterocycles. The summed E-state index contributed by atoms with van der Waals surface area (Å²) in [5.41, 5.74) is 2.97. The molecule has 0 spiro atoms. The van der Waals surface area contributed by atoms with Crippen molar-refractivity contribution in [2.45, 2.75) is 20.4 Å². The van der Waals surface area contributed by atoms with Gasteiger partial charge in [0.15, 0.2) is 0 Å². The van der Waals surface area contributed by atoms with E-state index in [1.54, 1.807) is 10.9 Å². The van der Waals surface area contributed by atoms with Crippen LogP contribution in [0.4, 0.5) is 0 Å².